The van der Waals surface area contributed by atoms with Crippen molar-refractivity contribution in [2.24, 2.45) is 29.1 Å². The number of esters is 1. The van der Waals surface area contributed by atoms with Crippen LogP contribution in [-0.4, -0.2) is 53.4 Å². The van der Waals surface area contributed by atoms with Crippen molar-refractivity contribution in [3.05, 3.63) is 34.2 Å². The maximum absolute atomic E-state index is 13.1. The highest BCUT2D eigenvalue weighted by molar-refractivity contribution is 5.75. The first kappa shape index (κ1) is 19.8. The van der Waals surface area contributed by atoms with Crippen molar-refractivity contribution in [3.8, 4) is 0 Å². The van der Waals surface area contributed by atoms with Crippen molar-refractivity contribution in [3.63, 3.8) is 0 Å². The van der Waals surface area contributed by atoms with Crippen LogP contribution in [-0.2, 0) is 20.8 Å². The van der Waals surface area contributed by atoms with Crippen molar-refractivity contribution in [1.82, 2.24) is 9.47 Å². The van der Waals surface area contributed by atoms with Gasteiger partial charge in [0.1, 0.15) is 6.10 Å². The van der Waals surface area contributed by atoms with E-state index >= 15 is 0 Å². The molecule has 2 bridgehead atoms. The molecule has 32 heavy (non-hydrogen) atoms. The fourth-order valence-corrected chi connectivity index (χ4v) is 8.59. The van der Waals surface area contributed by atoms with Gasteiger partial charge in [-0.05, 0) is 61.8 Å². The second kappa shape index (κ2) is 6.69. The Balaban J connectivity index is 1.11. The van der Waals surface area contributed by atoms with Crippen LogP contribution in [0.2, 0.25) is 0 Å². The smallest absolute Gasteiger partial charge is 0.310 e. The summed E-state index contributed by atoms with van der Waals surface area (Å²) in [6.45, 7) is 6.87. The molecule has 4 aliphatic heterocycles. The first-order valence-corrected chi connectivity index (χ1v) is 12.7. The standard InChI is InChI=1S/C26H34N2O4/c1-25-6-3-7-26(15-31-26)22(25)9-18-19(24(30)32-21(18)10-25)14-27-11-16-8-17(13-27)20-4-2-5-23(29)28(20)12-16/h2,4-5,16-19,21-22H,3,6-15H2,1H3/t16-,17+,18-,19?,21-,22?,25-,26?/m1/s1. The minimum absolute atomic E-state index is 0.0148. The van der Waals surface area contributed by atoms with Gasteiger partial charge in [0, 0.05) is 49.8 Å². The van der Waals surface area contributed by atoms with Crippen molar-refractivity contribution in [1.29, 1.82) is 0 Å². The molecule has 5 fully saturated rings. The summed E-state index contributed by atoms with van der Waals surface area (Å²) < 4.78 is 14.1. The zero-order valence-electron chi connectivity index (χ0n) is 19.0. The average molecular weight is 439 g/mol. The molecule has 6 nitrogen and oxygen atoms in total. The third-order valence-corrected chi connectivity index (χ3v) is 10.1. The second-order valence-electron chi connectivity index (χ2n) is 12.0. The van der Waals surface area contributed by atoms with Gasteiger partial charge < -0.3 is 18.9 Å². The summed E-state index contributed by atoms with van der Waals surface area (Å²) in [7, 11) is 0. The minimum Gasteiger partial charge on any atom is -0.462 e. The predicted molar refractivity (Wildman–Crippen MR) is 118 cm³/mol. The summed E-state index contributed by atoms with van der Waals surface area (Å²) in [5, 5.41) is 0. The molecular formula is C26H34N2O4. The lowest BCUT2D eigenvalue weighted by molar-refractivity contribution is -0.147. The zero-order valence-corrected chi connectivity index (χ0v) is 19.0. The zero-order chi connectivity index (χ0) is 21.7. The number of aromatic nitrogens is 1. The number of likely N-dealkylation sites (tertiary alicyclic amines) is 1. The van der Waals surface area contributed by atoms with Gasteiger partial charge in [-0.3, -0.25) is 9.59 Å². The maximum atomic E-state index is 13.1. The molecule has 172 valence electrons. The van der Waals surface area contributed by atoms with Crippen LogP contribution in [0.4, 0.5) is 0 Å². The molecule has 7 rings (SSSR count). The number of epoxide rings is 1. The SMILES string of the molecule is C[C@]12CCCC3(CO3)C1C[C@@H]1C(CN3C[C@H]4C[C@@H](C3)c3cccc(=O)n3C4)C(=O)O[C@@H]1C2. The van der Waals surface area contributed by atoms with Crippen molar-refractivity contribution >= 4 is 5.97 Å². The fraction of sp³-hybridized carbons (Fsp3) is 0.769. The largest absolute Gasteiger partial charge is 0.462 e. The van der Waals surface area contributed by atoms with E-state index in [-0.39, 0.29) is 34.6 Å². The molecule has 6 aliphatic rings. The number of nitrogens with zero attached hydrogens (tertiary/aromatic N) is 2. The van der Waals surface area contributed by atoms with Gasteiger partial charge in [0.2, 0.25) is 0 Å². The first-order valence-electron chi connectivity index (χ1n) is 12.7. The number of ether oxygens (including phenoxy) is 2. The second-order valence-corrected chi connectivity index (χ2v) is 12.0. The van der Waals surface area contributed by atoms with Gasteiger partial charge in [-0.2, -0.15) is 0 Å². The van der Waals surface area contributed by atoms with Crippen LogP contribution >= 0.6 is 0 Å². The molecule has 0 N–H and O–H groups in total. The molecule has 6 heteroatoms. The average Bonchev–Trinajstić information content (AvgIpc) is 3.46. The lowest BCUT2D eigenvalue weighted by Gasteiger charge is -2.52. The molecule has 5 heterocycles. The fourth-order valence-electron chi connectivity index (χ4n) is 8.59. The summed E-state index contributed by atoms with van der Waals surface area (Å²) in [6, 6.07) is 5.69. The maximum Gasteiger partial charge on any atom is 0.310 e. The molecule has 0 radical (unpaired) electrons. The number of hydrogen-bond donors (Lipinski definition) is 0. The molecule has 1 aromatic heterocycles. The number of carbonyl (C=O) groups is 1. The van der Waals surface area contributed by atoms with E-state index in [9.17, 15) is 9.59 Å². The lowest BCUT2D eigenvalue weighted by Crippen LogP contribution is -2.52. The lowest BCUT2D eigenvalue weighted by atomic mass is 9.53. The van der Waals surface area contributed by atoms with E-state index in [1.165, 1.54) is 25.0 Å². The van der Waals surface area contributed by atoms with Crippen LogP contribution in [0, 0.1) is 29.1 Å². The summed E-state index contributed by atoms with van der Waals surface area (Å²) in [5.74, 6) is 1.80. The molecule has 8 atom stereocenters. The summed E-state index contributed by atoms with van der Waals surface area (Å²) in [6.07, 6.45) is 7.00. The number of piperidine rings is 1. The number of fused-ring (bicyclic) bond motifs is 7. The molecule has 0 amide bonds. The Morgan fingerprint density at radius 2 is 2.00 bits per heavy atom. The quantitative estimate of drug-likeness (QED) is 0.525. The van der Waals surface area contributed by atoms with E-state index in [0.29, 0.717) is 23.7 Å². The molecule has 2 saturated carbocycles. The highest BCUT2D eigenvalue weighted by Crippen LogP contribution is 2.62. The third kappa shape index (κ3) is 2.84. The molecular weight excluding hydrogens is 404 g/mol. The summed E-state index contributed by atoms with van der Waals surface area (Å²) in [5.41, 5.74) is 1.66. The van der Waals surface area contributed by atoms with E-state index < -0.39 is 0 Å². The Morgan fingerprint density at radius 1 is 1.12 bits per heavy atom. The van der Waals surface area contributed by atoms with Gasteiger partial charge in [0.15, 0.2) is 0 Å². The van der Waals surface area contributed by atoms with Gasteiger partial charge in [-0.15, -0.1) is 0 Å². The van der Waals surface area contributed by atoms with E-state index in [2.05, 4.69) is 17.9 Å². The first-order chi connectivity index (χ1) is 15.4. The van der Waals surface area contributed by atoms with E-state index in [4.69, 9.17) is 9.47 Å². The summed E-state index contributed by atoms with van der Waals surface area (Å²) >= 11 is 0. The highest BCUT2D eigenvalue weighted by Gasteiger charge is 2.65. The Bertz CT molecular complexity index is 1020. The highest BCUT2D eigenvalue weighted by atomic mass is 16.6. The van der Waals surface area contributed by atoms with Crippen LogP contribution in [0.3, 0.4) is 0 Å². The molecule has 1 spiro atoms. The van der Waals surface area contributed by atoms with E-state index in [0.717, 1.165) is 52.0 Å². The molecule has 3 unspecified atom stereocenters. The van der Waals surface area contributed by atoms with Crippen molar-refractivity contribution in [2.45, 2.75) is 69.6 Å². The number of hydrogen-bond acceptors (Lipinski definition) is 5. The molecule has 1 aromatic rings. The van der Waals surface area contributed by atoms with Crippen LogP contribution < -0.4 is 5.56 Å². The topological polar surface area (TPSA) is 64.1 Å². The van der Waals surface area contributed by atoms with Gasteiger partial charge in [-0.1, -0.05) is 13.0 Å². The minimum atomic E-state index is -0.0148. The Labute approximate surface area is 189 Å². The van der Waals surface area contributed by atoms with E-state index in [1.54, 1.807) is 6.07 Å². The van der Waals surface area contributed by atoms with Gasteiger partial charge in [0.05, 0.1) is 18.1 Å². The Hall–Kier alpha value is -1.66. The van der Waals surface area contributed by atoms with Gasteiger partial charge in [0.25, 0.3) is 5.56 Å². The monoisotopic (exact) mass is 438 g/mol. The normalized spacial score (nSPS) is 46.8. The summed E-state index contributed by atoms with van der Waals surface area (Å²) in [4.78, 5) is 27.9. The van der Waals surface area contributed by atoms with Crippen LogP contribution in [0.1, 0.15) is 57.1 Å². The van der Waals surface area contributed by atoms with Crippen LogP contribution in [0.25, 0.3) is 0 Å². The number of pyridine rings is 1. The van der Waals surface area contributed by atoms with Crippen molar-refractivity contribution in [2.75, 3.05) is 26.2 Å². The van der Waals surface area contributed by atoms with Gasteiger partial charge in [-0.25, -0.2) is 0 Å². The molecule has 3 saturated heterocycles. The number of carbonyl (C=O) groups excluding carboxylic acids is 1. The number of rotatable bonds is 2. The third-order valence-electron chi connectivity index (χ3n) is 10.1. The van der Waals surface area contributed by atoms with E-state index in [1.807, 2.05) is 10.6 Å². The predicted octanol–water partition coefficient (Wildman–Crippen LogP) is 2.79. The van der Waals surface area contributed by atoms with Crippen molar-refractivity contribution < 1.29 is 14.3 Å². The van der Waals surface area contributed by atoms with Crippen LogP contribution in [0.5, 0.6) is 0 Å². The molecule has 0 aromatic carbocycles. The van der Waals surface area contributed by atoms with Gasteiger partial charge >= 0.3 is 5.97 Å². The Morgan fingerprint density at radius 3 is 2.84 bits per heavy atom. The molecule has 2 aliphatic carbocycles. The van der Waals surface area contributed by atoms with Crippen LogP contribution in [0.15, 0.2) is 23.0 Å². The Kier molecular flexibility index (Phi) is 4.14.